The minimum atomic E-state index is 0.0357. The van der Waals surface area contributed by atoms with E-state index in [9.17, 15) is 4.79 Å². The molecule has 0 unspecified atom stereocenters. The van der Waals surface area contributed by atoms with E-state index < -0.39 is 0 Å². The maximum atomic E-state index is 13.3. The maximum absolute atomic E-state index is 13.3. The lowest BCUT2D eigenvalue weighted by Crippen LogP contribution is -2.62. The van der Waals surface area contributed by atoms with E-state index in [1.165, 1.54) is 0 Å². The Balaban J connectivity index is 1.66. The summed E-state index contributed by atoms with van der Waals surface area (Å²) < 4.78 is 1.88. The molecule has 0 bridgehead atoms. The highest BCUT2D eigenvalue weighted by atomic mass is 16.2. The van der Waals surface area contributed by atoms with Gasteiger partial charge in [0.05, 0.1) is 11.9 Å². The number of piperidine rings is 1. The van der Waals surface area contributed by atoms with Crippen LogP contribution in [0.2, 0.25) is 0 Å². The lowest BCUT2D eigenvalue weighted by molar-refractivity contribution is -0.135. The number of hydrogen-bond donors (Lipinski definition) is 1. The van der Waals surface area contributed by atoms with Gasteiger partial charge in [0.15, 0.2) is 0 Å². The SMILES string of the molecule is CCCCN(C(=O)CCc1cnn(-c2ccccc2)c1)C1CC(C)(C)NC(C)(C)C1. The highest BCUT2D eigenvalue weighted by molar-refractivity contribution is 5.76. The second-order valence-electron chi connectivity index (χ2n) is 10.0. The molecule has 30 heavy (non-hydrogen) atoms. The molecule has 0 radical (unpaired) electrons. The van der Waals surface area contributed by atoms with Crippen molar-refractivity contribution in [3.8, 4) is 5.69 Å². The summed E-state index contributed by atoms with van der Waals surface area (Å²) in [5, 5.41) is 8.21. The molecule has 1 aromatic carbocycles. The molecule has 1 amide bonds. The van der Waals surface area contributed by atoms with Crippen molar-refractivity contribution in [2.45, 2.75) is 90.3 Å². The van der Waals surface area contributed by atoms with Crippen molar-refractivity contribution in [2.24, 2.45) is 0 Å². The third-order valence-corrected chi connectivity index (χ3v) is 5.97. The molecule has 5 heteroatoms. The van der Waals surface area contributed by atoms with Crippen molar-refractivity contribution in [3.63, 3.8) is 0 Å². The Bertz CT molecular complexity index is 809. The zero-order chi connectivity index (χ0) is 21.8. The Labute approximate surface area is 181 Å². The summed E-state index contributed by atoms with van der Waals surface area (Å²) >= 11 is 0. The van der Waals surface area contributed by atoms with Crippen molar-refractivity contribution < 1.29 is 4.79 Å². The van der Waals surface area contributed by atoms with Crippen molar-refractivity contribution in [1.82, 2.24) is 20.0 Å². The van der Waals surface area contributed by atoms with Gasteiger partial charge in [-0.2, -0.15) is 5.10 Å². The van der Waals surface area contributed by atoms with Gasteiger partial charge in [-0.05, 0) is 71.1 Å². The number of aryl methyl sites for hydroxylation is 1. The third-order valence-electron chi connectivity index (χ3n) is 5.97. The van der Waals surface area contributed by atoms with Crippen LogP contribution in [0.25, 0.3) is 5.69 Å². The fourth-order valence-electron chi connectivity index (χ4n) is 4.93. The van der Waals surface area contributed by atoms with E-state index in [2.05, 4.69) is 49.9 Å². The molecule has 1 N–H and O–H groups in total. The van der Waals surface area contributed by atoms with Gasteiger partial charge in [0.1, 0.15) is 0 Å². The number of carbonyl (C=O) groups excluding carboxylic acids is 1. The van der Waals surface area contributed by atoms with Crippen LogP contribution in [0.5, 0.6) is 0 Å². The molecule has 0 saturated carbocycles. The fraction of sp³-hybridized carbons (Fsp3) is 0.600. The van der Waals surface area contributed by atoms with Gasteiger partial charge in [0.25, 0.3) is 0 Å². The second-order valence-corrected chi connectivity index (χ2v) is 10.0. The number of nitrogens with zero attached hydrogens (tertiary/aromatic N) is 3. The van der Waals surface area contributed by atoms with E-state index in [0.717, 1.165) is 49.9 Å². The van der Waals surface area contributed by atoms with Gasteiger partial charge in [-0.25, -0.2) is 4.68 Å². The lowest BCUT2D eigenvalue weighted by Gasteiger charge is -2.49. The predicted octanol–water partition coefficient (Wildman–Crippen LogP) is 4.74. The number of nitrogens with one attached hydrogen (secondary N) is 1. The summed E-state index contributed by atoms with van der Waals surface area (Å²) in [5.74, 6) is 0.273. The van der Waals surface area contributed by atoms with Crippen molar-refractivity contribution in [2.75, 3.05) is 6.54 Å². The van der Waals surface area contributed by atoms with Gasteiger partial charge in [-0.3, -0.25) is 4.79 Å². The average Bonchev–Trinajstić information content (AvgIpc) is 3.14. The first-order valence-electron chi connectivity index (χ1n) is 11.4. The summed E-state index contributed by atoms with van der Waals surface area (Å²) in [6.07, 6.45) is 9.34. The van der Waals surface area contributed by atoms with Crippen LogP contribution in [-0.2, 0) is 11.2 Å². The van der Waals surface area contributed by atoms with Crippen LogP contribution < -0.4 is 5.32 Å². The van der Waals surface area contributed by atoms with Crippen LogP contribution in [0, 0.1) is 0 Å². The normalized spacial score (nSPS) is 18.3. The van der Waals surface area contributed by atoms with Crippen LogP contribution in [0.15, 0.2) is 42.7 Å². The summed E-state index contributed by atoms with van der Waals surface area (Å²) in [6.45, 7) is 12.1. The molecule has 1 aliphatic heterocycles. The van der Waals surface area contributed by atoms with Gasteiger partial charge >= 0.3 is 0 Å². The summed E-state index contributed by atoms with van der Waals surface area (Å²) in [6, 6.07) is 10.4. The highest BCUT2D eigenvalue weighted by Crippen LogP contribution is 2.32. The number of rotatable bonds is 8. The molecule has 0 spiro atoms. The van der Waals surface area contributed by atoms with Gasteiger partial charge in [-0.15, -0.1) is 0 Å². The van der Waals surface area contributed by atoms with Crippen molar-refractivity contribution in [3.05, 3.63) is 48.3 Å². The number of unbranched alkanes of at least 4 members (excludes halogenated alkanes) is 1. The standard InChI is InChI=1S/C25H38N4O/c1-6-7-15-28(22-16-24(2,3)27-25(4,5)17-22)23(30)14-13-20-18-26-29(19-20)21-11-9-8-10-12-21/h8-12,18-19,22,27H,6-7,13-17H2,1-5H3. The Hall–Kier alpha value is -2.14. The largest absolute Gasteiger partial charge is 0.340 e. The number of hydrogen-bond acceptors (Lipinski definition) is 3. The van der Waals surface area contributed by atoms with Crippen molar-refractivity contribution in [1.29, 1.82) is 0 Å². The number of aromatic nitrogens is 2. The molecule has 0 aliphatic carbocycles. The lowest BCUT2D eigenvalue weighted by atomic mass is 9.79. The van der Waals surface area contributed by atoms with Gasteiger partial charge in [0, 0.05) is 36.3 Å². The number of para-hydroxylation sites is 1. The average molecular weight is 411 g/mol. The van der Waals surface area contributed by atoms with Crippen molar-refractivity contribution >= 4 is 5.91 Å². The third kappa shape index (κ3) is 5.94. The first-order valence-corrected chi connectivity index (χ1v) is 11.4. The van der Waals surface area contributed by atoms with Gasteiger partial charge in [0.2, 0.25) is 5.91 Å². The quantitative estimate of drug-likeness (QED) is 0.684. The number of benzene rings is 1. The molecule has 2 heterocycles. The zero-order valence-corrected chi connectivity index (χ0v) is 19.3. The first kappa shape index (κ1) is 22.5. The topological polar surface area (TPSA) is 50.2 Å². The minimum Gasteiger partial charge on any atom is -0.340 e. The van der Waals surface area contributed by atoms with Crippen LogP contribution in [0.4, 0.5) is 0 Å². The monoisotopic (exact) mass is 410 g/mol. The first-order chi connectivity index (χ1) is 14.2. The fourth-order valence-corrected chi connectivity index (χ4v) is 4.93. The second kappa shape index (κ2) is 9.34. The molecule has 164 valence electrons. The number of carbonyl (C=O) groups is 1. The van der Waals surface area contributed by atoms with Gasteiger partial charge < -0.3 is 10.2 Å². The van der Waals surface area contributed by atoms with Gasteiger partial charge in [-0.1, -0.05) is 31.5 Å². The van der Waals surface area contributed by atoms with Crippen LogP contribution in [0.1, 0.15) is 72.3 Å². The van der Waals surface area contributed by atoms with Crippen LogP contribution >= 0.6 is 0 Å². The molecule has 0 atom stereocenters. The smallest absolute Gasteiger partial charge is 0.223 e. The van der Waals surface area contributed by atoms with E-state index in [1.807, 2.05) is 47.4 Å². The molecule has 1 saturated heterocycles. The highest BCUT2D eigenvalue weighted by Gasteiger charge is 2.40. The number of amides is 1. The molecule has 5 nitrogen and oxygen atoms in total. The molecular weight excluding hydrogens is 372 g/mol. The Morgan fingerprint density at radius 3 is 2.47 bits per heavy atom. The Kier molecular flexibility index (Phi) is 7.02. The van der Waals surface area contributed by atoms with Crippen LogP contribution in [0.3, 0.4) is 0 Å². The predicted molar refractivity (Wildman–Crippen MR) is 123 cm³/mol. The maximum Gasteiger partial charge on any atom is 0.223 e. The summed E-state index contributed by atoms with van der Waals surface area (Å²) in [7, 11) is 0. The van der Waals surface area contributed by atoms with E-state index in [0.29, 0.717) is 12.5 Å². The minimum absolute atomic E-state index is 0.0357. The summed E-state index contributed by atoms with van der Waals surface area (Å²) in [4.78, 5) is 15.5. The van der Waals surface area contributed by atoms with E-state index >= 15 is 0 Å². The zero-order valence-electron chi connectivity index (χ0n) is 19.3. The van der Waals surface area contributed by atoms with E-state index in [4.69, 9.17) is 0 Å². The molecule has 1 aromatic heterocycles. The molecule has 2 aromatic rings. The summed E-state index contributed by atoms with van der Waals surface area (Å²) in [5.41, 5.74) is 2.22. The molecular formula is C25H38N4O. The van der Waals surface area contributed by atoms with Crippen LogP contribution in [-0.4, -0.2) is 44.3 Å². The molecule has 3 rings (SSSR count). The van der Waals surface area contributed by atoms with E-state index in [1.54, 1.807) is 0 Å². The Morgan fingerprint density at radius 2 is 1.83 bits per heavy atom. The van der Waals surface area contributed by atoms with E-state index in [-0.39, 0.29) is 17.0 Å². The molecule has 1 aliphatic rings. The molecule has 1 fully saturated rings. The Morgan fingerprint density at radius 1 is 1.17 bits per heavy atom.